The van der Waals surface area contributed by atoms with Gasteiger partial charge in [0, 0.05) is 19.4 Å². The fraction of sp³-hybridized carbons (Fsp3) is 0.727. The number of hydrogen-bond donors (Lipinski definition) is 3. The number of carbonyl (C=O) groups is 3. The van der Waals surface area contributed by atoms with E-state index in [2.05, 4.69) is 10.1 Å². The lowest BCUT2D eigenvalue weighted by Gasteiger charge is -2.07. The summed E-state index contributed by atoms with van der Waals surface area (Å²) in [5.41, 5.74) is 0. The summed E-state index contributed by atoms with van der Waals surface area (Å²) in [5, 5.41) is 12.7. The van der Waals surface area contributed by atoms with Gasteiger partial charge in [0.1, 0.15) is 6.61 Å². The second kappa shape index (κ2) is 11.1. The molecule has 0 bridgehead atoms. The van der Waals surface area contributed by atoms with Crippen LogP contribution in [-0.4, -0.2) is 49.2 Å². The number of hydrogen-bond acceptors (Lipinski definition) is 4. The third-order valence-electron chi connectivity index (χ3n) is 2.07. The standard InChI is InChI=1S/C11H18F2N2O5/c12-8(13)7-20-6-5-14-11(19)15-9(16)3-1-2-4-10(17)18/h8H,1-7H2,(H,17,18)(H2,14,15,16,19). The van der Waals surface area contributed by atoms with Crippen LogP contribution in [0.25, 0.3) is 0 Å². The topological polar surface area (TPSA) is 105 Å². The molecule has 0 aromatic rings. The van der Waals surface area contributed by atoms with E-state index in [9.17, 15) is 23.2 Å². The van der Waals surface area contributed by atoms with Gasteiger partial charge in [0.25, 0.3) is 6.43 Å². The molecule has 0 spiro atoms. The Morgan fingerprint density at radius 1 is 1.15 bits per heavy atom. The highest BCUT2D eigenvalue weighted by Crippen LogP contribution is 1.99. The van der Waals surface area contributed by atoms with Gasteiger partial charge in [-0.3, -0.25) is 14.9 Å². The summed E-state index contributed by atoms with van der Waals surface area (Å²) in [6.07, 6.45) is -1.82. The summed E-state index contributed by atoms with van der Waals surface area (Å²) in [4.78, 5) is 32.6. The minimum Gasteiger partial charge on any atom is -0.481 e. The lowest BCUT2D eigenvalue weighted by molar-refractivity contribution is -0.137. The van der Waals surface area contributed by atoms with E-state index in [-0.39, 0.29) is 26.0 Å². The minimum atomic E-state index is -2.56. The van der Waals surface area contributed by atoms with Crippen LogP contribution in [0.1, 0.15) is 25.7 Å². The number of aliphatic carboxylic acids is 1. The summed E-state index contributed by atoms with van der Waals surface area (Å²) >= 11 is 0. The number of unbranched alkanes of at least 4 members (excludes halogenated alkanes) is 1. The average molecular weight is 296 g/mol. The van der Waals surface area contributed by atoms with Crippen LogP contribution in [0.3, 0.4) is 0 Å². The Bertz CT molecular complexity index is 326. The molecule has 0 fully saturated rings. The number of amides is 3. The molecule has 0 aromatic carbocycles. The van der Waals surface area contributed by atoms with Gasteiger partial charge in [-0.2, -0.15) is 0 Å². The molecule has 0 saturated carbocycles. The average Bonchev–Trinajstić information content (AvgIpc) is 2.33. The largest absolute Gasteiger partial charge is 0.481 e. The number of halogens is 2. The normalized spacial score (nSPS) is 10.3. The molecule has 0 aliphatic rings. The second-order valence-electron chi connectivity index (χ2n) is 3.87. The molecule has 0 radical (unpaired) electrons. The highest BCUT2D eigenvalue weighted by Gasteiger charge is 2.07. The van der Waals surface area contributed by atoms with Crippen LogP contribution < -0.4 is 10.6 Å². The first kappa shape index (κ1) is 18.2. The maximum absolute atomic E-state index is 11.7. The van der Waals surface area contributed by atoms with Gasteiger partial charge in [-0.15, -0.1) is 0 Å². The van der Waals surface area contributed by atoms with Gasteiger partial charge in [-0.1, -0.05) is 0 Å². The first-order chi connectivity index (χ1) is 9.41. The molecule has 9 heteroatoms. The zero-order valence-electron chi connectivity index (χ0n) is 10.9. The lowest BCUT2D eigenvalue weighted by atomic mass is 10.2. The van der Waals surface area contributed by atoms with Gasteiger partial charge >= 0.3 is 12.0 Å². The Morgan fingerprint density at radius 2 is 1.80 bits per heavy atom. The Labute approximate surface area is 114 Å². The number of rotatable bonds is 10. The van der Waals surface area contributed by atoms with Crippen molar-refractivity contribution in [2.75, 3.05) is 19.8 Å². The number of imide groups is 1. The second-order valence-corrected chi connectivity index (χ2v) is 3.87. The van der Waals surface area contributed by atoms with Crippen LogP contribution in [0, 0.1) is 0 Å². The van der Waals surface area contributed by atoms with Crippen LogP contribution in [-0.2, 0) is 14.3 Å². The summed E-state index contributed by atoms with van der Waals surface area (Å²) in [6, 6.07) is -0.742. The van der Waals surface area contributed by atoms with Crippen LogP contribution in [0.15, 0.2) is 0 Å². The van der Waals surface area contributed by atoms with Crippen molar-refractivity contribution in [3.8, 4) is 0 Å². The maximum Gasteiger partial charge on any atom is 0.321 e. The summed E-state index contributed by atoms with van der Waals surface area (Å²) in [5.74, 6) is -1.46. The van der Waals surface area contributed by atoms with Gasteiger partial charge in [-0.25, -0.2) is 13.6 Å². The third-order valence-corrected chi connectivity index (χ3v) is 2.07. The summed E-state index contributed by atoms with van der Waals surface area (Å²) < 4.78 is 27.9. The fourth-order valence-corrected chi connectivity index (χ4v) is 1.20. The van der Waals surface area contributed by atoms with E-state index in [1.54, 1.807) is 0 Å². The Balaban J connectivity index is 3.50. The molecule has 0 unspecified atom stereocenters. The number of carbonyl (C=O) groups excluding carboxylic acids is 2. The molecular formula is C11H18F2N2O5. The maximum atomic E-state index is 11.7. The van der Waals surface area contributed by atoms with E-state index < -0.39 is 30.9 Å². The third kappa shape index (κ3) is 12.7. The molecule has 3 N–H and O–H groups in total. The number of ether oxygens (including phenoxy) is 1. The van der Waals surface area contributed by atoms with Crippen molar-refractivity contribution in [3.05, 3.63) is 0 Å². The van der Waals surface area contributed by atoms with Crippen LogP contribution in [0.2, 0.25) is 0 Å². The predicted molar refractivity (Wildman–Crippen MR) is 64.5 cm³/mol. The summed E-state index contributed by atoms with van der Waals surface area (Å²) in [7, 11) is 0. The van der Waals surface area contributed by atoms with E-state index in [1.807, 2.05) is 5.32 Å². The molecule has 0 rings (SSSR count). The van der Waals surface area contributed by atoms with Crippen molar-refractivity contribution in [1.29, 1.82) is 0 Å². The van der Waals surface area contributed by atoms with E-state index in [0.717, 1.165) is 0 Å². The van der Waals surface area contributed by atoms with Crippen molar-refractivity contribution in [2.24, 2.45) is 0 Å². The molecule has 0 heterocycles. The minimum absolute atomic E-state index is 0.00481. The molecule has 0 aliphatic carbocycles. The first-order valence-electron chi connectivity index (χ1n) is 6.07. The van der Waals surface area contributed by atoms with E-state index in [1.165, 1.54) is 0 Å². The van der Waals surface area contributed by atoms with Gasteiger partial charge in [0.2, 0.25) is 5.91 Å². The van der Waals surface area contributed by atoms with Gasteiger partial charge in [0.15, 0.2) is 0 Å². The van der Waals surface area contributed by atoms with Crippen molar-refractivity contribution in [1.82, 2.24) is 10.6 Å². The molecule has 0 aromatic heterocycles. The highest BCUT2D eigenvalue weighted by molar-refractivity contribution is 5.94. The van der Waals surface area contributed by atoms with Gasteiger partial charge in [-0.05, 0) is 12.8 Å². The molecule has 7 nitrogen and oxygen atoms in total. The fourth-order valence-electron chi connectivity index (χ4n) is 1.20. The Kier molecular flexibility index (Phi) is 10.1. The van der Waals surface area contributed by atoms with Gasteiger partial charge < -0.3 is 15.2 Å². The van der Waals surface area contributed by atoms with Crippen LogP contribution in [0.5, 0.6) is 0 Å². The van der Waals surface area contributed by atoms with Crippen LogP contribution >= 0.6 is 0 Å². The number of nitrogens with one attached hydrogen (secondary N) is 2. The summed E-state index contributed by atoms with van der Waals surface area (Å²) in [6.45, 7) is -0.777. The first-order valence-corrected chi connectivity index (χ1v) is 6.07. The zero-order valence-corrected chi connectivity index (χ0v) is 10.9. The van der Waals surface area contributed by atoms with E-state index >= 15 is 0 Å². The number of alkyl halides is 2. The molecule has 0 saturated heterocycles. The van der Waals surface area contributed by atoms with Crippen molar-refractivity contribution >= 4 is 17.9 Å². The lowest BCUT2D eigenvalue weighted by Crippen LogP contribution is -2.40. The van der Waals surface area contributed by atoms with Crippen molar-refractivity contribution < 1.29 is 33.0 Å². The molecule has 20 heavy (non-hydrogen) atoms. The monoisotopic (exact) mass is 296 g/mol. The smallest absolute Gasteiger partial charge is 0.321 e. The van der Waals surface area contributed by atoms with Crippen LogP contribution in [0.4, 0.5) is 13.6 Å². The zero-order chi connectivity index (χ0) is 15.4. The number of urea groups is 1. The van der Waals surface area contributed by atoms with Crippen molar-refractivity contribution in [2.45, 2.75) is 32.1 Å². The SMILES string of the molecule is O=C(O)CCCCC(=O)NC(=O)NCCOCC(F)F. The van der Waals surface area contributed by atoms with E-state index in [0.29, 0.717) is 12.8 Å². The van der Waals surface area contributed by atoms with Crippen molar-refractivity contribution in [3.63, 3.8) is 0 Å². The Morgan fingerprint density at radius 3 is 2.40 bits per heavy atom. The molecule has 116 valence electrons. The highest BCUT2D eigenvalue weighted by atomic mass is 19.3. The molecule has 0 atom stereocenters. The Hall–Kier alpha value is -1.77. The molecule has 0 aliphatic heterocycles. The predicted octanol–water partition coefficient (Wildman–Crippen LogP) is 0.739. The number of carboxylic acids is 1. The molecular weight excluding hydrogens is 278 g/mol. The van der Waals surface area contributed by atoms with E-state index in [4.69, 9.17) is 5.11 Å². The molecule has 3 amide bonds. The quantitative estimate of drug-likeness (QED) is 0.516. The van der Waals surface area contributed by atoms with Gasteiger partial charge in [0.05, 0.1) is 6.61 Å². The number of carboxylic acid groups (broad SMARTS) is 1.